The number of rotatable bonds is 7. The fourth-order valence-corrected chi connectivity index (χ4v) is 4.68. The van der Waals surface area contributed by atoms with Gasteiger partial charge in [-0.1, -0.05) is 43.5 Å². The molecular formula is C26H30F3N3O. The lowest BCUT2D eigenvalue weighted by molar-refractivity contribution is -0.137. The number of nitrogens with one attached hydrogen (secondary N) is 2. The summed E-state index contributed by atoms with van der Waals surface area (Å²) in [5.74, 6) is -0.0141. The monoisotopic (exact) mass is 457 g/mol. The molecule has 33 heavy (non-hydrogen) atoms. The van der Waals surface area contributed by atoms with E-state index in [4.69, 9.17) is 0 Å². The second-order valence-electron chi connectivity index (χ2n) is 8.95. The molecule has 1 aliphatic carbocycles. The van der Waals surface area contributed by atoms with Gasteiger partial charge < -0.3 is 15.2 Å². The van der Waals surface area contributed by atoms with E-state index in [1.54, 1.807) is 0 Å². The molecule has 4 rings (SSSR count). The summed E-state index contributed by atoms with van der Waals surface area (Å²) in [7, 11) is 2.13. The molecule has 1 aliphatic rings. The molecule has 176 valence electrons. The lowest BCUT2D eigenvalue weighted by atomic mass is 9.94. The molecule has 2 N–H and O–H groups in total. The van der Waals surface area contributed by atoms with Crippen LogP contribution in [-0.4, -0.2) is 42.0 Å². The van der Waals surface area contributed by atoms with Crippen molar-refractivity contribution in [2.45, 2.75) is 50.7 Å². The highest BCUT2D eigenvalue weighted by Gasteiger charge is 2.30. The molecule has 0 spiro atoms. The summed E-state index contributed by atoms with van der Waals surface area (Å²) in [4.78, 5) is 18.0. The van der Waals surface area contributed by atoms with Gasteiger partial charge in [0.25, 0.3) is 0 Å². The van der Waals surface area contributed by atoms with E-state index in [-0.39, 0.29) is 12.3 Å². The predicted octanol–water partition coefficient (Wildman–Crippen LogP) is 5.78. The minimum absolute atomic E-state index is 0.0141. The van der Waals surface area contributed by atoms with Gasteiger partial charge in [0.05, 0.1) is 12.0 Å². The van der Waals surface area contributed by atoms with Crippen LogP contribution in [0.2, 0.25) is 0 Å². The summed E-state index contributed by atoms with van der Waals surface area (Å²) in [6.45, 7) is 1.48. The van der Waals surface area contributed by atoms with E-state index in [0.29, 0.717) is 18.2 Å². The van der Waals surface area contributed by atoms with Gasteiger partial charge in [-0.2, -0.15) is 13.2 Å². The van der Waals surface area contributed by atoms with Crippen LogP contribution in [0.4, 0.5) is 13.2 Å². The Morgan fingerprint density at radius 1 is 1.06 bits per heavy atom. The van der Waals surface area contributed by atoms with Gasteiger partial charge in [0.15, 0.2) is 0 Å². The highest BCUT2D eigenvalue weighted by molar-refractivity contribution is 5.91. The average molecular weight is 458 g/mol. The first-order valence-corrected chi connectivity index (χ1v) is 11.6. The third-order valence-electron chi connectivity index (χ3n) is 6.65. The number of H-pyrrole nitrogens is 1. The van der Waals surface area contributed by atoms with Gasteiger partial charge in [0.1, 0.15) is 0 Å². The predicted molar refractivity (Wildman–Crippen MR) is 125 cm³/mol. The third-order valence-corrected chi connectivity index (χ3v) is 6.65. The van der Waals surface area contributed by atoms with Gasteiger partial charge in [-0.3, -0.25) is 4.79 Å². The van der Waals surface area contributed by atoms with Gasteiger partial charge >= 0.3 is 6.18 Å². The molecule has 1 fully saturated rings. The Morgan fingerprint density at radius 2 is 1.76 bits per heavy atom. The number of carbonyl (C=O) groups is 1. The van der Waals surface area contributed by atoms with Crippen LogP contribution in [-0.2, 0) is 17.4 Å². The van der Waals surface area contributed by atoms with Crippen molar-refractivity contribution < 1.29 is 18.0 Å². The normalized spacial score (nSPS) is 15.3. The maximum atomic E-state index is 12.8. The van der Waals surface area contributed by atoms with Gasteiger partial charge in [-0.05, 0) is 54.8 Å². The van der Waals surface area contributed by atoms with Crippen molar-refractivity contribution in [3.05, 3.63) is 59.8 Å². The molecule has 0 unspecified atom stereocenters. The lowest BCUT2D eigenvalue weighted by Crippen LogP contribution is -2.39. The molecule has 7 heteroatoms. The average Bonchev–Trinajstić information content (AvgIpc) is 3.21. The summed E-state index contributed by atoms with van der Waals surface area (Å²) in [6, 6.07) is 11.5. The zero-order valence-corrected chi connectivity index (χ0v) is 18.8. The molecule has 1 heterocycles. The summed E-state index contributed by atoms with van der Waals surface area (Å²) < 4.78 is 38.4. The lowest BCUT2D eigenvalue weighted by Gasteiger charge is -2.31. The van der Waals surface area contributed by atoms with E-state index < -0.39 is 11.7 Å². The molecule has 0 saturated heterocycles. The zero-order chi connectivity index (χ0) is 23.4. The van der Waals surface area contributed by atoms with E-state index in [2.05, 4.69) is 22.2 Å². The molecule has 3 aromatic rings. The highest BCUT2D eigenvalue weighted by Crippen LogP contribution is 2.32. The fraction of sp³-hybridized carbons (Fsp3) is 0.423. The van der Waals surface area contributed by atoms with Crippen molar-refractivity contribution in [2.75, 3.05) is 20.1 Å². The number of nitrogens with zero attached hydrogens (tertiary/aromatic N) is 1. The van der Waals surface area contributed by atoms with Crippen molar-refractivity contribution in [2.24, 2.45) is 0 Å². The van der Waals surface area contributed by atoms with Crippen LogP contribution in [0, 0.1) is 0 Å². The topological polar surface area (TPSA) is 48.1 Å². The number of halogens is 3. The molecule has 4 nitrogen and oxygen atoms in total. The molecule has 2 aromatic carbocycles. The first kappa shape index (κ1) is 23.4. The molecule has 1 amide bonds. The number of fused-ring (bicyclic) bond motifs is 1. The van der Waals surface area contributed by atoms with Crippen molar-refractivity contribution >= 4 is 16.8 Å². The van der Waals surface area contributed by atoms with Crippen LogP contribution in [0.15, 0.2) is 48.7 Å². The minimum Gasteiger partial charge on any atom is -0.361 e. The third kappa shape index (κ3) is 5.77. The minimum atomic E-state index is -4.34. The standard InChI is InChI=1S/C26H30F3N3O/c1-32(22-5-3-2-4-6-22)14-13-30-25(33)16-20-17-31-24-15-19(9-12-23(20)24)18-7-10-21(11-8-18)26(27,28)29/h7-12,15,17,22,31H,2-6,13-14,16H2,1H3,(H,30,33). The van der Waals surface area contributed by atoms with Gasteiger partial charge in [-0.25, -0.2) is 0 Å². The Hall–Kier alpha value is -2.80. The van der Waals surface area contributed by atoms with Crippen molar-refractivity contribution in [1.29, 1.82) is 0 Å². The smallest absolute Gasteiger partial charge is 0.361 e. The number of hydrogen-bond donors (Lipinski definition) is 2. The Kier molecular flexibility index (Phi) is 7.08. The molecule has 1 aromatic heterocycles. The Bertz CT molecular complexity index is 1080. The molecule has 1 saturated carbocycles. The number of amides is 1. The number of benzene rings is 2. The van der Waals surface area contributed by atoms with Crippen molar-refractivity contribution in [3.63, 3.8) is 0 Å². The number of hydrogen-bond acceptors (Lipinski definition) is 2. The van der Waals surface area contributed by atoms with Crippen LogP contribution in [0.3, 0.4) is 0 Å². The first-order valence-electron chi connectivity index (χ1n) is 11.6. The summed E-state index contributed by atoms with van der Waals surface area (Å²) in [6.07, 6.45) is 4.18. The largest absolute Gasteiger partial charge is 0.416 e. The second-order valence-corrected chi connectivity index (χ2v) is 8.95. The number of alkyl halides is 3. The Balaban J connectivity index is 1.34. The van der Waals surface area contributed by atoms with Crippen LogP contribution in [0.25, 0.3) is 22.0 Å². The van der Waals surface area contributed by atoms with Crippen LogP contribution < -0.4 is 5.32 Å². The number of aromatic nitrogens is 1. The van der Waals surface area contributed by atoms with Gasteiger partial charge in [-0.15, -0.1) is 0 Å². The maximum Gasteiger partial charge on any atom is 0.416 e. The van der Waals surface area contributed by atoms with E-state index in [1.807, 2.05) is 24.4 Å². The summed E-state index contributed by atoms with van der Waals surface area (Å²) >= 11 is 0. The maximum absolute atomic E-state index is 12.8. The molecular weight excluding hydrogens is 427 g/mol. The SMILES string of the molecule is CN(CCNC(=O)Cc1c[nH]c2cc(-c3ccc(C(F)(F)F)cc3)ccc12)C1CCCCC1. The van der Waals surface area contributed by atoms with Crippen molar-refractivity contribution in [1.82, 2.24) is 15.2 Å². The highest BCUT2D eigenvalue weighted by atomic mass is 19.4. The zero-order valence-electron chi connectivity index (χ0n) is 18.8. The molecule has 0 aliphatic heterocycles. The van der Waals surface area contributed by atoms with Crippen LogP contribution in [0.5, 0.6) is 0 Å². The van der Waals surface area contributed by atoms with E-state index >= 15 is 0 Å². The molecule has 0 radical (unpaired) electrons. The number of likely N-dealkylation sites (N-methyl/N-ethyl adjacent to an activating group) is 1. The molecule has 0 bridgehead atoms. The second kappa shape index (κ2) is 10.00. The van der Waals surface area contributed by atoms with E-state index in [1.165, 1.54) is 44.2 Å². The van der Waals surface area contributed by atoms with Crippen molar-refractivity contribution in [3.8, 4) is 11.1 Å². The summed E-state index contributed by atoms with van der Waals surface area (Å²) in [5.41, 5.74) is 2.63. The Morgan fingerprint density at radius 3 is 2.45 bits per heavy atom. The molecule has 0 atom stereocenters. The summed E-state index contributed by atoms with van der Waals surface area (Å²) in [5, 5.41) is 3.97. The first-order chi connectivity index (χ1) is 15.8. The van der Waals surface area contributed by atoms with Crippen LogP contribution >= 0.6 is 0 Å². The van der Waals surface area contributed by atoms with Gasteiger partial charge in [0, 0.05) is 36.2 Å². The Labute approximate surface area is 192 Å². The fourth-order valence-electron chi connectivity index (χ4n) is 4.68. The number of carbonyl (C=O) groups excluding carboxylic acids is 1. The number of aromatic amines is 1. The van der Waals surface area contributed by atoms with E-state index in [0.717, 1.165) is 40.7 Å². The van der Waals surface area contributed by atoms with Gasteiger partial charge in [0.2, 0.25) is 5.91 Å². The van der Waals surface area contributed by atoms with E-state index in [9.17, 15) is 18.0 Å². The quantitative estimate of drug-likeness (QED) is 0.473. The van der Waals surface area contributed by atoms with Crippen LogP contribution in [0.1, 0.15) is 43.2 Å².